The maximum Gasteiger partial charge on any atom is 0.243 e. The second-order valence-electron chi connectivity index (χ2n) is 8.15. The highest BCUT2D eigenvalue weighted by atomic mass is 35.5. The van der Waals surface area contributed by atoms with E-state index in [-0.39, 0.29) is 4.90 Å². The number of halogens is 1. The maximum absolute atomic E-state index is 13.2. The molecule has 34 heavy (non-hydrogen) atoms. The van der Waals surface area contributed by atoms with Gasteiger partial charge >= 0.3 is 0 Å². The van der Waals surface area contributed by atoms with Crippen molar-refractivity contribution in [2.75, 3.05) is 31.6 Å². The van der Waals surface area contributed by atoms with Gasteiger partial charge in [-0.2, -0.15) is 4.31 Å². The van der Waals surface area contributed by atoms with Gasteiger partial charge in [0.1, 0.15) is 17.0 Å². The normalized spacial score (nSPS) is 15.0. The zero-order valence-electron chi connectivity index (χ0n) is 18.7. The van der Waals surface area contributed by atoms with Gasteiger partial charge in [-0.3, -0.25) is 0 Å². The molecule has 5 rings (SSSR count). The summed E-state index contributed by atoms with van der Waals surface area (Å²) in [6.45, 7) is 5.58. The van der Waals surface area contributed by atoms with E-state index in [1.165, 1.54) is 33.6 Å². The summed E-state index contributed by atoms with van der Waals surface area (Å²) in [5.41, 5.74) is 4.94. The minimum atomic E-state index is -3.66. The molecule has 2 aromatic carbocycles. The van der Waals surface area contributed by atoms with E-state index in [1.807, 2.05) is 0 Å². The SMILES string of the molecule is Cc1ccc(-c2csc3ncnc(Nc4cc(S(=O)(=O)N5CCOCC5)ccc4Cl)c23)c(C)c1. The highest BCUT2D eigenvalue weighted by Crippen LogP contribution is 2.40. The van der Waals surface area contributed by atoms with Crippen LogP contribution in [0.4, 0.5) is 11.5 Å². The van der Waals surface area contributed by atoms with Crippen molar-refractivity contribution in [2.24, 2.45) is 0 Å². The molecule has 1 saturated heterocycles. The molecule has 2 aromatic heterocycles. The minimum Gasteiger partial charge on any atom is -0.379 e. The van der Waals surface area contributed by atoms with E-state index in [9.17, 15) is 8.42 Å². The zero-order chi connectivity index (χ0) is 23.9. The number of aryl methyl sites for hydroxylation is 2. The minimum absolute atomic E-state index is 0.173. The molecule has 0 atom stereocenters. The van der Waals surface area contributed by atoms with Gasteiger partial charge in [0.2, 0.25) is 10.0 Å². The first-order valence-corrected chi connectivity index (χ1v) is 13.5. The Kier molecular flexibility index (Phi) is 6.30. The third-order valence-corrected chi connectivity index (χ3v) is 8.95. The summed E-state index contributed by atoms with van der Waals surface area (Å²) >= 11 is 8.01. The van der Waals surface area contributed by atoms with Gasteiger partial charge in [-0.25, -0.2) is 18.4 Å². The Bertz CT molecular complexity index is 1480. The quantitative estimate of drug-likeness (QED) is 0.384. The third-order valence-electron chi connectivity index (χ3n) is 5.84. The van der Waals surface area contributed by atoms with Crippen molar-refractivity contribution < 1.29 is 13.2 Å². The average Bonchev–Trinajstić information content (AvgIpc) is 3.26. The van der Waals surface area contributed by atoms with Gasteiger partial charge in [-0.1, -0.05) is 35.4 Å². The number of sulfonamides is 1. The maximum atomic E-state index is 13.2. The van der Waals surface area contributed by atoms with E-state index in [1.54, 1.807) is 12.1 Å². The Labute approximate surface area is 207 Å². The summed E-state index contributed by atoms with van der Waals surface area (Å²) in [4.78, 5) is 9.92. The van der Waals surface area contributed by atoms with Crippen LogP contribution in [0.2, 0.25) is 5.02 Å². The smallest absolute Gasteiger partial charge is 0.243 e. The number of benzene rings is 2. The van der Waals surface area contributed by atoms with E-state index in [0.717, 1.165) is 26.9 Å². The standard InChI is InChI=1S/C24H23ClN4O3S2/c1-15-3-5-18(16(2)11-15)19-13-33-24-22(19)23(26-14-27-24)28-21-12-17(4-6-20(21)25)34(30,31)29-7-9-32-10-8-29/h3-6,11-14H,7-10H2,1-2H3,(H,26,27,28). The van der Waals surface area contributed by atoms with Gasteiger partial charge in [-0.05, 0) is 43.2 Å². The first kappa shape index (κ1) is 23.2. The molecule has 1 aliphatic rings. The number of nitrogens with one attached hydrogen (secondary N) is 1. The summed E-state index contributed by atoms with van der Waals surface area (Å²) in [5, 5.41) is 6.62. The molecule has 0 unspecified atom stereocenters. The number of anilines is 2. The summed E-state index contributed by atoms with van der Waals surface area (Å²) in [5.74, 6) is 0.573. The van der Waals surface area contributed by atoms with Gasteiger partial charge in [0.15, 0.2) is 0 Å². The van der Waals surface area contributed by atoms with Crippen molar-refractivity contribution in [1.29, 1.82) is 0 Å². The Morgan fingerprint density at radius 3 is 2.62 bits per heavy atom. The number of hydrogen-bond acceptors (Lipinski definition) is 7. The van der Waals surface area contributed by atoms with E-state index in [4.69, 9.17) is 16.3 Å². The topological polar surface area (TPSA) is 84.4 Å². The van der Waals surface area contributed by atoms with Crippen molar-refractivity contribution >= 4 is 54.7 Å². The molecular formula is C24H23ClN4O3S2. The molecule has 4 aromatic rings. The molecule has 0 radical (unpaired) electrons. The summed E-state index contributed by atoms with van der Waals surface area (Å²) in [6, 6.07) is 11.0. The summed E-state index contributed by atoms with van der Waals surface area (Å²) in [7, 11) is -3.66. The number of aromatic nitrogens is 2. The molecule has 0 bridgehead atoms. The van der Waals surface area contributed by atoms with Gasteiger partial charge in [-0.15, -0.1) is 11.3 Å². The number of fused-ring (bicyclic) bond motifs is 1. The number of thiophene rings is 1. The van der Waals surface area contributed by atoms with Gasteiger partial charge in [0.25, 0.3) is 0 Å². The molecule has 0 saturated carbocycles. The van der Waals surface area contributed by atoms with Crippen LogP contribution in [0.3, 0.4) is 0 Å². The molecule has 176 valence electrons. The Morgan fingerprint density at radius 1 is 1.06 bits per heavy atom. The molecule has 1 fully saturated rings. The van der Waals surface area contributed by atoms with Crippen molar-refractivity contribution in [3.8, 4) is 11.1 Å². The van der Waals surface area contributed by atoms with Crippen molar-refractivity contribution in [3.05, 3.63) is 64.3 Å². The fraction of sp³-hybridized carbons (Fsp3) is 0.250. The molecule has 0 amide bonds. The molecule has 0 spiro atoms. The van der Waals surface area contributed by atoms with E-state index in [0.29, 0.717) is 42.8 Å². The summed E-state index contributed by atoms with van der Waals surface area (Å²) in [6.07, 6.45) is 1.50. The largest absolute Gasteiger partial charge is 0.379 e. The van der Waals surface area contributed by atoms with Crippen molar-refractivity contribution in [2.45, 2.75) is 18.7 Å². The lowest BCUT2D eigenvalue weighted by molar-refractivity contribution is 0.0730. The van der Waals surface area contributed by atoms with Crippen molar-refractivity contribution in [3.63, 3.8) is 0 Å². The first-order valence-electron chi connectivity index (χ1n) is 10.8. The predicted molar refractivity (Wildman–Crippen MR) is 137 cm³/mol. The number of hydrogen-bond donors (Lipinski definition) is 1. The second-order valence-corrected chi connectivity index (χ2v) is 11.4. The van der Waals surface area contributed by atoms with Crippen LogP contribution in [-0.4, -0.2) is 49.0 Å². The Balaban J connectivity index is 1.56. The molecule has 10 heteroatoms. The first-order chi connectivity index (χ1) is 16.3. The number of morpholine rings is 1. The van der Waals surface area contributed by atoms with Gasteiger partial charge in [0, 0.05) is 24.0 Å². The van der Waals surface area contributed by atoms with Gasteiger partial charge in [0.05, 0.1) is 34.2 Å². The van der Waals surface area contributed by atoms with Crippen LogP contribution in [-0.2, 0) is 14.8 Å². The Hall–Kier alpha value is -2.56. The zero-order valence-corrected chi connectivity index (χ0v) is 21.1. The average molecular weight is 515 g/mol. The van der Waals surface area contributed by atoms with E-state index < -0.39 is 10.0 Å². The van der Waals surface area contributed by atoms with Crippen LogP contribution in [0.1, 0.15) is 11.1 Å². The van der Waals surface area contributed by atoms with E-state index >= 15 is 0 Å². The lowest BCUT2D eigenvalue weighted by atomic mass is 9.99. The number of nitrogens with zero attached hydrogens (tertiary/aromatic N) is 3. The fourth-order valence-corrected chi connectivity index (χ4v) is 6.61. The third kappa shape index (κ3) is 4.30. The molecule has 3 heterocycles. The van der Waals surface area contributed by atoms with Gasteiger partial charge < -0.3 is 10.1 Å². The number of ether oxygens (including phenoxy) is 1. The van der Waals surface area contributed by atoms with Crippen LogP contribution in [0, 0.1) is 13.8 Å². The van der Waals surface area contributed by atoms with E-state index in [2.05, 4.69) is 52.7 Å². The second kappa shape index (κ2) is 9.24. The molecule has 7 nitrogen and oxygen atoms in total. The highest BCUT2D eigenvalue weighted by molar-refractivity contribution is 7.89. The van der Waals surface area contributed by atoms with Crippen LogP contribution >= 0.6 is 22.9 Å². The van der Waals surface area contributed by atoms with Crippen LogP contribution < -0.4 is 5.32 Å². The molecule has 0 aliphatic carbocycles. The Morgan fingerprint density at radius 2 is 1.85 bits per heavy atom. The highest BCUT2D eigenvalue weighted by Gasteiger charge is 2.27. The summed E-state index contributed by atoms with van der Waals surface area (Å²) < 4.78 is 33.0. The molecule has 1 N–H and O–H groups in total. The lowest BCUT2D eigenvalue weighted by Gasteiger charge is -2.26. The monoisotopic (exact) mass is 514 g/mol. The fourth-order valence-electron chi connectivity index (χ4n) is 4.11. The predicted octanol–water partition coefficient (Wildman–Crippen LogP) is 5.39. The molecule has 1 aliphatic heterocycles. The number of rotatable bonds is 5. The lowest BCUT2D eigenvalue weighted by Crippen LogP contribution is -2.40. The van der Waals surface area contributed by atoms with Crippen LogP contribution in [0.25, 0.3) is 21.3 Å². The van der Waals surface area contributed by atoms with Crippen LogP contribution in [0.15, 0.2) is 53.0 Å². The van der Waals surface area contributed by atoms with Crippen LogP contribution in [0.5, 0.6) is 0 Å². The van der Waals surface area contributed by atoms with Crippen molar-refractivity contribution in [1.82, 2.24) is 14.3 Å². The molecular weight excluding hydrogens is 492 g/mol.